The van der Waals surface area contributed by atoms with Gasteiger partial charge in [0, 0.05) is 11.1 Å². The summed E-state index contributed by atoms with van der Waals surface area (Å²) >= 11 is 0. The summed E-state index contributed by atoms with van der Waals surface area (Å²) in [6, 6.07) is 0. The summed E-state index contributed by atoms with van der Waals surface area (Å²) in [5.74, 6) is -2.53. The Labute approximate surface area is 209 Å². The molecule has 33 heavy (non-hydrogen) atoms. The molecule has 11 heteroatoms. The Balaban J connectivity index is 0. The van der Waals surface area contributed by atoms with Crippen LogP contribution in [0.1, 0.15) is 65.7 Å². The SMILES string of the molecule is C=C(C)C(=O)OCC(CCCCCC)(COC(=O)C(=C)C)C(=O)OCCCCS(=O)(=O)O.[LiH]. The van der Waals surface area contributed by atoms with Crippen molar-refractivity contribution in [2.24, 2.45) is 5.41 Å². The van der Waals surface area contributed by atoms with Gasteiger partial charge in [-0.1, -0.05) is 45.8 Å². The van der Waals surface area contributed by atoms with Crippen LogP contribution in [0.4, 0.5) is 0 Å². The molecule has 0 aliphatic heterocycles. The number of ether oxygens (including phenoxy) is 3. The normalized spacial score (nSPS) is 11.2. The standard InChI is InChI=1S/C22H36O9S.Li.H/c1-6-7-8-9-12-22(15-30-19(23)17(2)3,16-31-20(24)18(4)5)21(25)29-13-10-11-14-32(26,27)28;;/h2,4,6-16H2,1,3,5H3,(H,26,27,28);;. The molecule has 0 aromatic carbocycles. The maximum atomic E-state index is 13.0. The van der Waals surface area contributed by atoms with E-state index in [2.05, 4.69) is 13.2 Å². The molecule has 0 aromatic heterocycles. The molecule has 0 saturated heterocycles. The quantitative estimate of drug-likeness (QED) is 0.0826. The van der Waals surface area contributed by atoms with Crippen LogP contribution in [-0.4, -0.2) is 75.3 Å². The van der Waals surface area contributed by atoms with E-state index in [0.717, 1.165) is 19.3 Å². The zero-order valence-corrected chi connectivity index (χ0v) is 20.1. The van der Waals surface area contributed by atoms with Crippen LogP contribution in [0.5, 0.6) is 0 Å². The number of unbranched alkanes of at least 4 members (excludes halogenated alkanes) is 4. The van der Waals surface area contributed by atoms with E-state index in [9.17, 15) is 22.8 Å². The van der Waals surface area contributed by atoms with Crippen molar-refractivity contribution in [1.82, 2.24) is 0 Å². The van der Waals surface area contributed by atoms with Gasteiger partial charge in [-0.2, -0.15) is 8.42 Å². The molecular formula is C22H37LiO9S. The molecule has 0 fully saturated rings. The van der Waals surface area contributed by atoms with E-state index in [1.165, 1.54) is 13.8 Å². The van der Waals surface area contributed by atoms with Crippen molar-refractivity contribution < 1.29 is 41.6 Å². The van der Waals surface area contributed by atoms with Crippen LogP contribution in [0.3, 0.4) is 0 Å². The second-order valence-corrected chi connectivity index (χ2v) is 9.51. The molecule has 0 aliphatic rings. The van der Waals surface area contributed by atoms with Gasteiger partial charge < -0.3 is 14.2 Å². The summed E-state index contributed by atoms with van der Waals surface area (Å²) in [4.78, 5) is 36.9. The second kappa shape index (κ2) is 16.9. The summed E-state index contributed by atoms with van der Waals surface area (Å²) in [6.45, 7) is 11.2. The molecule has 0 amide bonds. The fourth-order valence-corrected chi connectivity index (χ4v) is 3.22. The van der Waals surface area contributed by atoms with Crippen molar-refractivity contribution in [3.63, 3.8) is 0 Å². The van der Waals surface area contributed by atoms with Gasteiger partial charge in [0.05, 0.1) is 12.4 Å². The number of carbonyl (C=O) groups is 3. The van der Waals surface area contributed by atoms with E-state index in [1.54, 1.807) is 0 Å². The Hall–Kier alpha value is -1.60. The predicted octanol–water partition coefficient (Wildman–Crippen LogP) is 2.74. The van der Waals surface area contributed by atoms with Gasteiger partial charge in [-0.3, -0.25) is 9.35 Å². The van der Waals surface area contributed by atoms with Gasteiger partial charge in [0.2, 0.25) is 0 Å². The van der Waals surface area contributed by atoms with Gasteiger partial charge in [0.1, 0.15) is 18.6 Å². The molecule has 0 spiro atoms. The Morgan fingerprint density at radius 1 is 0.848 bits per heavy atom. The van der Waals surface area contributed by atoms with Crippen LogP contribution < -0.4 is 0 Å². The molecule has 0 radical (unpaired) electrons. The molecule has 0 heterocycles. The first kappa shape index (κ1) is 33.6. The van der Waals surface area contributed by atoms with Crippen LogP contribution in [0.25, 0.3) is 0 Å². The number of hydrogen-bond acceptors (Lipinski definition) is 8. The molecular weight excluding hydrogens is 447 g/mol. The molecule has 0 aliphatic carbocycles. The first-order valence-corrected chi connectivity index (χ1v) is 12.2. The summed E-state index contributed by atoms with van der Waals surface area (Å²) in [5.41, 5.74) is -1.11. The van der Waals surface area contributed by atoms with Crippen LogP contribution in [0, 0.1) is 5.41 Å². The average Bonchev–Trinajstić information content (AvgIpc) is 2.70. The molecule has 0 unspecified atom stereocenters. The van der Waals surface area contributed by atoms with Crippen LogP contribution in [-0.2, 0) is 38.7 Å². The zero-order chi connectivity index (χ0) is 24.8. The fraction of sp³-hybridized carbons (Fsp3) is 0.682. The third-order valence-corrected chi connectivity index (χ3v) is 5.43. The summed E-state index contributed by atoms with van der Waals surface area (Å²) < 4.78 is 46.2. The Bertz CT molecular complexity index is 745. The van der Waals surface area contributed by atoms with Gasteiger partial charge in [0.15, 0.2) is 0 Å². The van der Waals surface area contributed by atoms with Crippen molar-refractivity contribution in [3.05, 3.63) is 24.3 Å². The maximum absolute atomic E-state index is 13.0. The molecule has 0 saturated carbocycles. The summed E-state index contributed by atoms with van der Waals surface area (Å²) in [5, 5.41) is 0. The Kier molecular flexibility index (Phi) is 17.2. The topological polar surface area (TPSA) is 133 Å². The minimum absolute atomic E-state index is 0. The van der Waals surface area contributed by atoms with Crippen LogP contribution in [0.15, 0.2) is 24.3 Å². The van der Waals surface area contributed by atoms with E-state index >= 15 is 0 Å². The Morgan fingerprint density at radius 3 is 1.79 bits per heavy atom. The molecule has 0 aromatic rings. The number of esters is 3. The summed E-state index contributed by atoms with van der Waals surface area (Å²) in [7, 11) is -4.10. The molecule has 0 bridgehead atoms. The number of hydrogen-bond donors (Lipinski definition) is 1. The molecule has 186 valence electrons. The zero-order valence-electron chi connectivity index (χ0n) is 19.3. The van der Waals surface area contributed by atoms with E-state index in [1.807, 2.05) is 6.92 Å². The summed E-state index contributed by atoms with van der Waals surface area (Å²) in [6.07, 6.45) is 3.91. The van der Waals surface area contributed by atoms with Gasteiger partial charge in [-0.15, -0.1) is 0 Å². The van der Waals surface area contributed by atoms with Crippen molar-refractivity contribution in [3.8, 4) is 0 Å². The Morgan fingerprint density at radius 2 is 1.36 bits per heavy atom. The van der Waals surface area contributed by atoms with Crippen molar-refractivity contribution in [2.45, 2.75) is 65.7 Å². The third-order valence-electron chi connectivity index (χ3n) is 4.63. The van der Waals surface area contributed by atoms with Gasteiger partial charge in [-0.05, 0) is 33.1 Å². The van der Waals surface area contributed by atoms with Gasteiger partial charge in [-0.25, -0.2) is 9.59 Å². The van der Waals surface area contributed by atoms with Crippen molar-refractivity contribution in [2.75, 3.05) is 25.6 Å². The average molecular weight is 485 g/mol. The number of carbonyl (C=O) groups excluding carboxylic acids is 3. The van der Waals surface area contributed by atoms with Gasteiger partial charge >= 0.3 is 36.8 Å². The first-order chi connectivity index (χ1) is 14.8. The third kappa shape index (κ3) is 15.0. The second-order valence-electron chi connectivity index (χ2n) is 7.93. The predicted molar refractivity (Wildman–Crippen MR) is 126 cm³/mol. The molecule has 0 rings (SSSR count). The van der Waals surface area contributed by atoms with E-state index in [4.69, 9.17) is 18.8 Å². The van der Waals surface area contributed by atoms with Gasteiger partial charge in [0.25, 0.3) is 10.1 Å². The first-order valence-electron chi connectivity index (χ1n) is 10.6. The monoisotopic (exact) mass is 484 g/mol. The van der Waals surface area contributed by atoms with E-state index in [0.29, 0.717) is 6.42 Å². The minimum atomic E-state index is -4.10. The van der Waals surface area contributed by atoms with Crippen LogP contribution >= 0.6 is 0 Å². The van der Waals surface area contributed by atoms with Crippen LogP contribution in [0.2, 0.25) is 0 Å². The molecule has 1 N–H and O–H groups in total. The molecule has 9 nitrogen and oxygen atoms in total. The van der Waals surface area contributed by atoms with E-state index in [-0.39, 0.29) is 69.1 Å². The van der Waals surface area contributed by atoms with E-state index < -0.39 is 39.2 Å². The van der Waals surface area contributed by atoms with Crippen molar-refractivity contribution >= 4 is 46.9 Å². The molecule has 0 atom stereocenters. The number of rotatable bonds is 17. The fourth-order valence-electron chi connectivity index (χ4n) is 2.65. The van der Waals surface area contributed by atoms with Crippen molar-refractivity contribution in [1.29, 1.82) is 0 Å².